The summed E-state index contributed by atoms with van der Waals surface area (Å²) in [5.74, 6) is -5.22. The lowest BCUT2D eigenvalue weighted by Crippen LogP contribution is -2.41. The molecule has 9 heteroatoms. The molecular formula is C11H12ClF5N2O. The summed E-state index contributed by atoms with van der Waals surface area (Å²) in [6.45, 7) is 3.32. The molecule has 0 saturated heterocycles. The first-order valence-corrected chi connectivity index (χ1v) is 5.83. The molecule has 20 heavy (non-hydrogen) atoms. The van der Waals surface area contributed by atoms with Gasteiger partial charge in [-0.05, 0) is 0 Å². The summed E-state index contributed by atoms with van der Waals surface area (Å²) < 4.78 is 65.8. The van der Waals surface area contributed by atoms with Crippen molar-refractivity contribution in [1.82, 2.24) is 9.97 Å². The Morgan fingerprint density at radius 3 is 2.10 bits per heavy atom. The van der Waals surface area contributed by atoms with Gasteiger partial charge in [-0.2, -0.15) is 26.9 Å². The van der Waals surface area contributed by atoms with Gasteiger partial charge in [0.25, 0.3) is 0 Å². The van der Waals surface area contributed by atoms with Crippen LogP contribution in [0.1, 0.15) is 26.6 Å². The van der Waals surface area contributed by atoms with Gasteiger partial charge in [-0.25, -0.2) is 4.98 Å². The Balaban J connectivity index is 2.92. The van der Waals surface area contributed by atoms with E-state index in [0.717, 1.165) is 6.07 Å². The Kier molecular flexibility index (Phi) is 4.48. The molecule has 0 radical (unpaired) electrons. The van der Waals surface area contributed by atoms with Crippen molar-refractivity contribution in [3.05, 3.63) is 17.0 Å². The second-order valence-corrected chi connectivity index (χ2v) is 5.48. The van der Waals surface area contributed by atoms with E-state index in [0.29, 0.717) is 0 Å². The lowest BCUT2D eigenvalue weighted by atomic mass is 9.96. The van der Waals surface area contributed by atoms with Crippen LogP contribution < -0.4 is 4.74 Å². The molecule has 0 saturated carbocycles. The maximum absolute atomic E-state index is 12.7. The van der Waals surface area contributed by atoms with Crippen molar-refractivity contribution in [1.29, 1.82) is 0 Å². The molecular weight excluding hydrogens is 307 g/mol. The molecule has 0 aliphatic rings. The molecule has 0 unspecified atom stereocenters. The quantitative estimate of drug-likeness (QED) is 0.624. The van der Waals surface area contributed by atoms with E-state index in [9.17, 15) is 22.0 Å². The van der Waals surface area contributed by atoms with E-state index in [-0.39, 0.29) is 11.0 Å². The summed E-state index contributed by atoms with van der Waals surface area (Å²) in [6.07, 6.45) is -5.68. The highest BCUT2D eigenvalue weighted by Crippen LogP contribution is 2.35. The summed E-state index contributed by atoms with van der Waals surface area (Å²) in [5.41, 5.74) is -0.560. The molecule has 0 bridgehead atoms. The predicted molar refractivity (Wildman–Crippen MR) is 62.2 cm³/mol. The van der Waals surface area contributed by atoms with Crippen LogP contribution in [0.2, 0.25) is 5.15 Å². The van der Waals surface area contributed by atoms with Crippen LogP contribution in [0.3, 0.4) is 0 Å². The highest BCUT2D eigenvalue weighted by molar-refractivity contribution is 6.29. The smallest absolute Gasteiger partial charge is 0.456 e. The van der Waals surface area contributed by atoms with Gasteiger partial charge in [0.05, 0.1) is 0 Å². The van der Waals surface area contributed by atoms with E-state index >= 15 is 0 Å². The second kappa shape index (κ2) is 5.31. The van der Waals surface area contributed by atoms with Gasteiger partial charge in [0.1, 0.15) is 11.0 Å². The van der Waals surface area contributed by atoms with Gasteiger partial charge in [0.15, 0.2) is 6.61 Å². The minimum Gasteiger partial charge on any atom is -0.471 e. The Labute approximate surface area is 117 Å². The van der Waals surface area contributed by atoms with Crippen LogP contribution in [0, 0.1) is 0 Å². The molecule has 114 valence electrons. The fraction of sp³-hybridized carbons (Fsp3) is 0.636. The van der Waals surface area contributed by atoms with Gasteiger partial charge in [-0.1, -0.05) is 32.4 Å². The first kappa shape index (κ1) is 16.9. The molecule has 0 aromatic carbocycles. The average Bonchev–Trinajstić information content (AvgIpc) is 2.23. The zero-order chi connectivity index (χ0) is 15.8. The van der Waals surface area contributed by atoms with Crippen LogP contribution in [0.15, 0.2) is 6.07 Å². The number of hydrogen-bond donors (Lipinski definition) is 0. The molecule has 1 aromatic heterocycles. The van der Waals surface area contributed by atoms with Crippen molar-refractivity contribution in [3.63, 3.8) is 0 Å². The van der Waals surface area contributed by atoms with Crippen molar-refractivity contribution < 1.29 is 26.7 Å². The maximum Gasteiger partial charge on any atom is 0.456 e. The first-order chi connectivity index (χ1) is 8.83. The van der Waals surface area contributed by atoms with Gasteiger partial charge in [-0.15, -0.1) is 0 Å². The fourth-order valence-corrected chi connectivity index (χ4v) is 1.23. The van der Waals surface area contributed by atoms with Crippen LogP contribution in [0.25, 0.3) is 0 Å². The van der Waals surface area contributed by atoms with Crippen LogP contribution >= 0.6 is 11.6 Å². The van der Waals surface area contributed by atoms with Crippen molar-refractivity contribution in [2.75, 3.05) is 6.61 Å². The van der Waals surface area contributed by atoms with E-state index in [4.69, 9.17) is 11.6 Å². The van der Waals surface area contributed by atoms with E-state index in [1.165, 1.54) is 0 Å². The Morgan fingerprint density at radius 2 is 1.65 bits per heavy atom. The standard InChI is InChI=1S/C11H12ClF5N2O/c1-9(2,3)8-18-6(12)4-7(19-8)20-5-10(13,14)11(15,16)17/h4H,5H2,1-3H3. The molecule has 3 nitrogen and oxygen atoms in total. The van der Waals surface area contributed by atoms with Crippen LogP contribution in [-0.2, 0) is 5.41 Å². The first-order valence-electron chi connectivity index (χ1n) is 5.45. The summed E-state index contributed by atoms with van der Waals surface area (Å²) in [7, 11) is 0. The lowest BCUT2D eigenvalue weighted by Gasteiger charge is -2.21. The lowest BCUT2D eigenvalue weighted by molar-refractivity contribution is -0.290. The van der Waals surface area contributed by atoms with Gasteiger partial charge in [-0.3, -0.25) is 0 Å². The van der Waals surface area contributed by atoms with Gasteiger partial charge < -0.3 is 4.74 Å². The third-order valence-corrected chi connectivity index (χ3v) is 2.35. The zero-order valence-electron chi connectivity index (χ0n) is 10.9. The molecule has 0 aliphatic heterocycles. The Hall–Kier alpha value is -1.18. The van der Waals surface area contributed by atoms with Crippen molar-refractivity contribution in [3.8, 4) is 5.88 Å². The minimum absolute atomic E-state index is 0.102. The molecule has 0 spiro atoms. The molecule has 0 N–H and O–H groups in total. The van der Waals surface area contributed by atoms with Crippen molar-refractivity contribution in [2.24, 2.45) is 0 Å². The predicted octanol–water partition coefficient (Wildman–Crippen LogP) is 4.00. The van der Waals surface area contributed by atoms with E-state index < -0.39 is 30.0 Å². The third kappa shape index (κ3) is 4.16. The van der Waals surface area contributed by atoms with Crippen LogP contribution in [0.4, 0.5) is 22.0 Å². The number of aromatic nitrogens is 2. The fourth-order valence-electron chi connectivity index (χ4n) is 1.05. The molecule has 0 atom stereocenters. The normalized spacial score (nSPS) is 13.4. The molecule has 1 heterocycles. The molecule has 1 rings (SSSR count). The molecule has 1 aromatic rings. The summed E-state index contributed by atoms with van der Waals surface area (Å²) in [4.78, 5) is 7.63. The third-order valence-electron chi connectivity index (χ3n) is 2.16. The number of hydrogen-bond acceptors (Lipinski definition) is 3. The van der Waals surface area contributed by atoms with Gasteiger partial charge >= 0.3 is 12.1 Å². The Bertz CT molecular complexity index is 485. The van der Waals surface area contributed by atoms with E-state index in [1.807, 2.05) is 0 Å². The largest absolute Gasteiger partial charge is 0.471 e. The van der Waals surface area contributed by atoms with Gasteiger partial charge in [0, 0.05) is 11.5 Å². The SMILES string of the molecule is CC(C)(C)c1nc(Cl)cc(OCC(F)(F)C(F)(F)F)n1. The topological polar surface area (TPSA) is 35.0 Å². The van der Waals surface area contributed by atoms with E-state index in [2.05, 4.69) is 14.7 Å². The summed E-state index contributed by atoms with van der Waals surface area (Å²) in [6, 6.07) is 0.975. The number of rotatable bonds is 3. The zero-order valence-corrected chi connectivity index (χ0v) is 11.6. The van der Waals surface area contributed by atoms with Crippen molar-refractivity contribution in [2.45, 2.75) is 38.3 Å². The van der Waals surface area contributed by atoms with Gasteiger partial charge in [0.2, 0.25) is 5.88 Å². The molecule has 0 fully saturated rings. The van der Waals surface area contributed by atoms with Crippen LogP contribution in [0.5, 0.6) is 5.88 Å². The summed E-state index contributed by atoms with van der Waals surface area (Å²) >= 11 is 5.66. The van der Waals surface area contributed by atoms with Crippen LogP contribution in [-0.4, -0.2) is 28.7 Å². The highest BCUT2D eigenvalue weighted by Gasteiger charge is 2.58. The van der Waals surface area contributed by atoms with E-state index in [1.54, 1.807) is 20.8 Å². The molecule has 0 amide bonds. The Morgan fingerprint density at radius 1 is 1.10 bits per heavy atom. The summed E-state index contributed by atoms with van der Waals surface area (Å²) in [5, 5.41) is -0.102. The highest BCUT2D eigenvalue weighted by atomic mass is 35.5. The number of alkyl halides is 5. The second-order valence-electron chi connectivity index (χ2n) is 5.09. The number of ether oxygens (including phenoxy) is 1. The minimum atomic E-state index is -5.68. The number of nitrogens with zero attached hydrogens (tertiary/aromatic N) is 2. The van der Waals surface area contributed by atoms with Crippen molar-refractivity contribution >= 4 is 11.6 Å². The number of halogens is 6. The molecule has 0 aliphatic carbocycles. The average molecular weight is 319 g/mol. The maximum atomic E-state index is 12.7. The monoisotopic (exact) mass is 318 g/mol.